The molecule has 1 fully saturated rings. The van der Waals surface area contributed by atoms with Crippen molar-refractivity contribution in [2.45, 2.75) is 31.6 Å². The smallest absolute Gasteiger partial charge is 0.161 e. The van der Waals surface area contributed by atoms with Crippen LogP contribution in [0.2, 0.25) is 0 Å². The first kappa shape index (κ1) is 8.51. The second kappa shape index (κ2) is 3.34. The van der Waals surface area contributed by atoms with Crippen LogP contribution in [0.1, 0.15) is 37.3 Å². The van der Waals surface area contributed by atoms with Gasteiger partial charge < -0.3 is 5.73 Å². The Labute approximate surface area is 84.3 Å². The fourth-order valence-electron chi connectivity index (χ4n) is 1.81. The SMILES string of the molecule is Nc1sc(Br)nc1C1CCCC1. The molecule has 0 aliphatic heterocycles. The molecule has 1 aromatic rings. The number of hydrogen-bond donors (Lipinski definition) is 1. The molecule has 0 spiro atoms. The summed E-state index contributed by atoms with van der Waals surface area (Å²) in [5, 5.41) is 0.897. The molecule has 1 heterocycles. The maximum atomic E-state index is 5.85. The van der Waals surface area contributed by atoms with E-state index >= 15 is 0 Å². The van der Waals surface area contributed by atoms with Crippen molar-refractivity contribution >= 4 is 32.3 Å². The van der Waals surface area contributed by atoms with Gasteiger partial charge in [0.2, 0.25) is 0 Å². The Kier molecular flexibility index (Phi) is 2.37. The lowest BCUT2D eigenvalue weighted by Crippen LogP contribution is -1.96. The maximum absolute atomic E-state index is 5.85. The van der Waals surface area contributed by atoms with Gasteiger partial charge in [-0.15, -0.1) is 0 Å². The lowest BCUT2D eigenvalue weighted by Gasteiger charge is -2.04. The summed E-state index contributed by atoms with van der Waals surface area (Å²) in [7, 11) is 0. The number of rotatable bonds is 1. The van der Waals surface area contributed by atoms with Crippen LogP contribution in [0.15, 0.2) is 3.92 Å². The van der Waals surface area contributed by atoms with Crippen LogP contribution < -0.4 is 5.73 Å². The van der Waals surface area contributed by atoms with Gasteiger partial charge in [0.15, 0.2) is 3.92 Å². The van der Waals surface area contributed by atoms with E-state index in [0.717, 1.165) is 14.6 Å². The Morgan fingerprint density at radius 2 is 2.08 bits per heavy atom. The second-order valence-corrected chi connectivity index (χ2v) is 5.50. The van der Waals surface area contributed by atoms with Crippen LogP contribution in [-0.2, 0) is 0 Å². The van der Waals surface area contributed by atoms with Gasteiger partial charge >= 0.3 is 0 Å². The third-order valence-electron chi connectivity index (χ3n) is 2.40. The predicted octanol–water partition coefficient (Wildman–Crippen LogP) is 3.15. The summed E-state index contributed by atoms with van der Waals surface area (Å²) in [6.45, 7) is 0. The van der Waals surface area contributed by atoms with E-state index in [2.05, 4.69) is 20.9 Å². The molecular weight excluding hydrogens is 236 g/mol. The lowest BCUT2D eigenvalue weighted by molar-refractivity contribution is 0.704. The average molecular weight is 247 g/mol. The first-order valence-electron chi connectivity index (χ1n) is 4.19. The summed E-state index contributed by atoms with van der Waals surface area (Å²) in [6, 6.07) is 0. The third kappa shape index (κ3) is 1.50. The zero-order valence-corrected chi connectivity index (χ0v) is 9.12. The Hall–Kier alpha value is -0.0900. The van der Waals surface area contributed by atoms with Gasteiger partial charge in [0, 0.05) is 5.92 Å². The maximum Gasteiger partial charge on any atom is 0.161 e. The molecule has 0 radical (unpaired) electrons. The minimum Gasteiger partial charge on any atom is -0.389 e. The molecule has 0 aromatic carbocycles. The quantitative estimate of drug-likeness (QED) is 0.827. The van der Waals surface area contributed by atoms with Crippen LogP contribution >= 0.6 is 27.3 Å². The summed E-state index contributed by atoms with van der Waals surface area (Å²) in [5.41, 5.74) is 6.98. The van der Waals surface area contributed by atoms with Gasteiger partial charge in [-0.25, -0.2) is 4.98 Å². The normalized spacial score (nSPS) is 18.8. The number of nitrogens with zero attached hydrogens (tertiary/aromatic N) is 1. The standard InChI is InChI=1S/C8H11BrN2S/c9-8-11-6(7(10)12-8)5-3-1-2-4-5/h5H,1-4,10H2. The molecule has 0 bridgehead atoms. The molecule has 1 saturated carbocycles. The molecule has 0 atom stereocenters. The number of hydrogen-bond acceptors (Lipinski definition) is 3. The van der Waals surface area contributed by atoms with Gasteiger partial charge in [-0.05, 0) is 28.8 Å². The third-order valence-corrected chi connectivity index (χ3v) is 3.75. The van der Waals surface area contributed by atoms with Crippen molar-refractivity contribution in [1.82, 2.24) is 4.98 Å². The molecule has 66 valence electrons. The minimum atomic E-state index is 0.632. The number of halogens is 1. The van der Waals surface area contributed by atoms with Crippen molar-refractivity contribution in [2.75, 3.05) is 5.73 Å². The monoisotopic (exact) mass is 246 g/mol. The van der Waals surface area contributed by atoms with Gasteiger partial charge in [0.25, 0.3) is 0 Å². The Balaban J connectivity index is 2.25. The fraction of sp³-hybridized carbons (Fsp3) is 0.625. The van der Waals surface area contributed by atoms with E-state index in [9.17, 15) is 0 Å². The number of nitrogen functional groups attached to an aromatic ring is 1. The van der Waals surface area contributed by atoms with Crippen LogP contribution in [0.3, 0.4) is 0 Å². The van der Waals surface area contributed by atoms with E-state index < -0.39 is 0 Å². The highest BCUT2D eigenvalue weighted by Gasteiger charge is 2.22. The highest BCUT2D eigenvalue weighted by atomic mass is 79.9. The summed E-state index contributed by atoms with van der Waals surface area (Å²) >= 11 is 4.90. The van der Waals surface area contributed by atoms with Gasteiger partial charge in [-0.2, -0.15) is 0 Å². The molecule has 1 aliphatic carbocycles. The van der Waals surface area contributed by atoms with Crippen molar-refractivity contribution in [3.8, 4) is 0 Å². The minimum absolute atomic E-state index is 0.632. The van der Waals surface area contributed by atoms with E-state index in [1.807, 2.05) is 0 Å². The van der Waals surface area contributed by atoms with E-state index in [0.29, 0.717) is 5.92 Å². The molecule has 2 rings (SSSR count). The lowest BCUT2D eigenvalue weighted by atomic mass is 10.1. The highest BCUT2D eigenvalue weighted by molar-refractivity contribution is 9.11. The molecule has 1 aliphatic rings. The Bertz CT molecular complexity index is 279. The molecule has 12 heavy (non-hydrogen) atoms. The summed E-state index contributed by atoms with van der Waals surface area (Å²) < 4.78 is 0.918. The van der Waals surface area contributed by atoms with Crippen LogP contribution in [-0.4, -0.2) is 4.98 Å². The molecule has 4 heteroatoms. The number of anilines is 1. The first-order valence-corrected chi connectivity index (χ1v) is 5.80. The average Bonchev–Trinajstić information content (AvgIpc) is 2.58. The molecule has 0 unspecified atom stereocenters. The van der Waals surface area contributed by atoms with E-state index in [-0.39, 0.29) is 0 Å². The Morgan fingerprint density at radius 3 is 2.58 bits per heavy atom. The van der Waals surface area contributed by atoms with Gasteiger partial charge in [0.05, 0.1) is 5.69 Å². The van der Waals surface area contributed by atoms with Crippen LogP contribution in [0.5, 0.6) is 0 Å². The van der Waals surface area contributed by atoms with Crippen LogP contribution in [0.25, 0.3) is 0 Å². The summed E-state index contributed by atoms with van der Waals surface area (Å²) in [6.07, 6.45) is 5.19. The van der Waals surface area contributed by atoms with Crippen molar-refractivity contribution in [1.29, 1.82) is 0 Å². The Morgan fingerprint density at radius 1 is 1.42 bits per heavy atom. The highest BCUT2D eigenvalue weighted by Crippen LogP contribution is 2.39. The van der Waals surface area contributed by atoms with E-state index in [4.69, 9.17) is 5.73 Å². The number of aromatic nitrogens is 1. The zero-order valence-electron chi connectivity index (χ0n) is 6.72. The fourth-order valence-corrected chi connectivity index (χ4v) is 3.16. The summed E-state index contributed by atoms with van der Waals surface area (Å²) in [4.78, 5) is 4.40. The molecule has 2 N–H and O–H groups in total. The van der Waals surface area contributed by atoms with Crippen molar-refractivity contribution in [3.05, 3.63) is 9.61 Å². The van der Waals surface area contributed by atoms with Crippen molar-refractivity contribution < 1.29 is 0 Å². The van der Waals surface area contributed by atoms with Gasteiger partial charge in [-0.1, -0.05) is 24.2 Å². The van der Waals surface area contributed by atoms with Crippen LogP contribution in [0.4, 0.5) is 5.00 Å². The number of nitrogens with two attached hydrogens (primary N) is 1. The van der Waals surface area contributed by atoms with Crippen LogP contribution in [0, 0.1) is 0 Å². The summed E-state index contributed by atoms with van der Waals surface area (Å²) in [5.74, 6) is 0.632. The second-order valence-electron chi connectivity index (χ2n) is 3.20. The molecule has 0 saturated heterocycles. The first-order chi connectivity index (χ1) is 5.77. The van der Waals surface area contributed by atoms with Crippen molar-refractivity contribution in [3.63, 3.8) is 0 Å². The molecule has 0 amide bonds. The molecular formula is C8H11BrN2S. The molecule has 1 aromatic heterocycles. The topological polar surface area (TPSA) is 38.9 Å². The zero-order chi connectivity index (χ0) is 8.55. The largest absolute Gasteiger partial charge is 0.389 e. The molecule has 2 nitrogen and oxygen atoms in total. The predicted molar refractivity (Wildman–Crippen MR) is 55.4 cm³/mol. The van der Waals surface area contributed by atoms with Gasteiger partial charge in [0.1, 0.15) is 5.00 Å². The number of thiazole rings is 1. The van der Waals surface area contributed by atoms with Gasteiger partial charge in [-0.3, -0.25) is 0 Å². The van der Waals surface area contributed by atoms with E-state index in [1.54, 1.807) is 0 Å². The van der Waals surface area contributed by atoms with E-state index in [1.165, 1.54) is 37.0 Å². The van der Waals surface area contributed by atoms with Crippen molar-refractivity contribution in [2.24, 2.45) is 0 Å².